The Morgan fingerprint density at radius 3 is 2.80 bits per heavy atom. The smallest absolute Gasteiger partial charge is 0.112 e. The number of nitrogens with zero attached hydrogens (tertiary/aromatic N) is 1. The Labute approximate surface area is 62.5 Å². The van der Waals surface area contributed by atoms with Crippen molar-refractivity contribution in [2.24, 2.45) is 4.99 Å². The van der Waals surface area contributed by atoms with Crippen molar-refractivity contribution in [3.8, 4) is 11.8 Å². The summed E-state index contributed by atoms with van der Waals surface area (Å²) in [6.45, 7) is 4.27. The molecule has 1 rings (SSSR count). The first-order chi connectivity index (χ1) is 4.86. The van der Waals surface area contributed by atoms with Gasteiger partial charge < -0.3 is 0 Å². The summed E-state index contributed by atoms with van der Waals surface area (Å²) in [7, 11) is 0. The van der Waals surface area contributed by atoms with Gasteiger partial charge in [0.1, 0.15) is 6.04 Å². The Kier molecular flexibility index (Phi) is 2.50. The Morgan fingerprint density at radius 1 is 1.50 bits per heavy atom. The highest BCUT2D eigenvalue weighted by atomic mass is 14.8. The second kappa shape index (κ2) is 3.41. The molecular weight excluding hydrogens is 122 g/mol. The highest BCUT2D eigenvalue weighted by molar-refractivity contribution is 6.02. The molecule has 0 bridgehead atoms. The van der Waals surface area contributed by atoms with Gasteiger partial charge in [-0.1, -0.05) is 26.2 Å². The molecular formula is C9H13N. The lowest BCUT2D eigenvalue weighted by Crippen LogP contribution is -1.97. The Balaban J connectivity index is 2.44. The van der Waals surface area contributed by atoms with E-state index in [1.807, 2.05) is 0 Å². The molecule has 0 aromatic rings. The molecule has 0 saturated carbocycles. The van der Waals surface area contributed by atoms with Crippen LogP contribution in [-0.4, -0.2) is 11.8 Å². The second-order valence-electron chi connectivity index (χ2n) is 2.50. The van der Waals surface area contributed by atoms with Crippen LogP contribution in [0, 0.1) is 11.8 Å². The van der Waals surface area contributed by atoms with Gasteiger partial charge in [0.05, 0.1) is 5.71 Å². The molecule has 10 heavy (non-hydrogen) atoms. The summed E-state index contributed by atoms with van der Waals surface area (Å²) in [6.07, 6.45) is 3.30. The van der Waals surface area contributed by atoms with E-state index >= 15 is 0 Å². The first-order valence-electron chi connectivity index (χ1n) is 3.95. The van der Waals surface area contributed by atoms with Crippen LogP contribution in [-0.2, 0) is 0 Å². The summed E-state index contributed by atoms with van der Waals surface area (Å²) in [6, 6.07) is 0.319. The number of hydrogen-bond donors (Lipinski definition) is 0. The van der Waals surface area contributed by atoms with E-state index < -0.39 is 0 Å². The lowest BCUT2D eigenvalue weighted by Gasteiger charge is -1.97. The zero-order chi connectivity index (χ0) is 7.40. The van der Waals surface area contributed by atoms with Crippen molar-refractivity contribution in [3.63, 3.8) is 0 Å². The van der Waals surface area contributed by atoms with Crippen LogP contribution in [0.1, 0.15) is 33.1 Å². The average molecular weight is 135 g/mol. The number of hydrogen-bond acceptors (Lipinski definition) is 1. The topological polar surface area (TPSA) is 12.4 Å². The average Bonchev–Trinajstić information content (AvgIpc) is 2.37. The molecule has 0 radical (unpaired) electrons. The van der Waals surface area contributed by atoms with Crippen LogP contribution in [0.15, 0.2) is 4.99 Å². The molecule has 0 aliphatic carbocycles. The highest BCUT2D eigenvalue weighted by Gasteiger charge is 2.06. The van der Waals surface area contributed by atoms with Crippen LogP contribution in [0.3, 0.4) is 0 Å². The lowest BCUT2D eigenvalue weighted by atomic mass is 10.2. The quantitative estimate of drug-likeness (QED) is 0.525. The van der Waals surface area contributed by atoms with Gasteiger partial charge in [-0.25, -0.2) is 0 Å². The summed E-state index contributed by atoms with van der Waals surface area (Å²) >= 11 is 0. The third-order valence-electron chi connectivity index (χ3n) is 1.59. The summed E-state index contributed by atoms with van der Waals surface area (Å²) in [4.78, 5) is 4.39. The lowest BCUT2D eigenvalue weighted by molar-refractivity contribution is 0.726. The Hall–Kier alpha value is -0.770. The van der Waals surface area contributed by atoms with Crippen LogP contribution >= 0.6 is 0 Å². The first kappa shape index (κ1) is 7.34. The molecule has 0 aromatic carbocycles. The monoisotopic (exact) mass is 135 g/mol. The molecule has 0 fully saturated rings. The maximum absolute atomic E-state index is 4.39. The van der Waals surface area contributed by atoms with Crippen LogP contribution in [0.25, 0.3) is 0 Å². The summed E-state index contributed by atoms with van der Waals surface area (Å²) in [5, 5.41) is 0. The van der Waals surface area contributed by atoms with Crippen molar-refractivity contribution in [1.29, 1.82) is 0 Å². The normalized spacial score (nSPS) is 21.8. The molecule has 1 atom stereocenters. The summed E-state index contributed by atoms with van der Waals surface area (Å²) in [5.74, 6) is 6.15. The van der Waals surface area contributed by atoms with Crippen molar-refractivity contribution < 1.29 is 0 Å². The minimum Gasteiger partial charge on any atom is -0.265 e. The van der Waals surface area contributed by atoms with Gasteiger partial charge in [0.2, 0.25) is 0 Å². The molecule has 0 spiro atoms. The molecule has 54 valence electrons. The molecule has 1 unspecified atom stereocenters. The molecule has 0 N–H and O–H groups in total. The predicted molar refractivity (Wildman–Crippen MR) is 44.2 cm³/mol. The summed E-state index contributed by atoms with van der Waals surface area (Å²) < 4.78 is 0. The maximum Gasteiger partial charge on any atom is 0.112 e. The van der Waals surface area contributed by atoms with Crippen molar-refractivity contribution in [3.05, 3.63) is 0 Å². The minimum atomic E-state index is 0.319. The van der Waals surface area contributed by atoms with Crippen LogP contribution in [0.4, 0.5) is 0 Å². The van der Waals surface area contributed by atoms with Crippen molar-refractivity contribution in [1.82, 2.24) is 0 Å². The van der Waals surface area contributed by atoms with E-state index in [1.54, 1.807) is 0 Å². The molecule has 1 nitrogen and oxygen atoms in total. The van der Waals surface area contributed by atoms with E-state index in [0.29, 0.717) is 6.04 Å². The van der Waals surface area contributed by atoms with Gasteiger partial charge in [0.25, 0.3) is 0 Å². The van der Waals surface area contributed by atoms with Gasteiger partial charge in [0.15, 0.2) is 0 Å². The van der Waals surface area contributed by atoms with Crippen LogP contribution in [0.5, 0.6) is 0 Å². The van der Waals surface area contributed by atoms with Gasteiger partial charge in [-0.3, -0.25) is 4.99 Å². The number of aliphatic imine (C=N–C) groups is 1. The SMILES string of the molecule is CCCC1C#CC(CC)=N1. The fraction of sp³-hybridized carbons (Fsp3) is 0.667. The second-order valence-corrected chi connectivity index (χ2v) is 2.50. The van der Waals surface area contributed by atoms with Gasteiger partial charge in [0, 0.05) is 0 Å². The molecule has 0 saturated heterocycles. The molecule has 0 aromatic heterocycles. The van der Waals surface area contributed by atoms with Crippen LogP contribution in [0.2, 0.25) is 0 Å². The largest absolute Gasteiger partial charge is 0.265 e. The van der Waals surface area contributed by atoms with Crippen molar-refractivity contribution in [2.45, 2.75) is 39.2 Å². The number of rotatable bonds is 3. The van der Waals surface area contributed by atoms with Gasteiger partial charge in [-0.05, 0) is 18.8 Å². The van der Waals surface area contributed by atoms with E-state index in [-0.39, 0.29) is 0 Å². The van der Waals surface area contributed by atoms with E-state index in [2.05, 4.69) is 30.7 Å². The third-order valence-corrected chi connectivity index (χ3v) is 1.59. The predicted octanol–water partition coefficient (Wildman–Crippen LogP) is 2.02. The molecule has 1 aliphatic rings. The van der Waals surface area contributed by atoms with E-state index in [4.69, 9.17) is 0 Å². The molecule has 1 heterocycles. The minimum absolute atomic E-state index is 0.319. The van der Waals surface area contributed by atoms with Gasteiger partial charge in [-0.2, -0.15) is 0 Å². The third kappa shape index (κ3) is 1.60. The fourth-order valence-electron chi connectivity index (χ4n) is 1.01. The van der Waals surface area contributed by atoms with Gasteiger partial charge >= 0.3 is 0 Å². The highest BCUT2D eigenvalue weighted by Crippen LogP contribution is 2.06. The van der Waals surface area contributed by atoms with Crippen LogP contribution < -0.4 is 0 Å². The van der Waals surface area contributed by atoms with E-state index in [9.17, 15) is 0 Å². The van der Waals surface area contributed by atoms with E-state index in [0.717, 1.165) is 18.6 Å². The van der Waals surface area contributed by atoms with Gasteiger partial charge in [-0.15, -0.1) is 0 Å². The first-order valence-corrected chi connectivity index (χ1v) is 3.95. The fourth-order valence-corrected chi connectivity index (χ4v) is 1.01. The summed E-state index contributed by atoms with van der Waals surface area (Å²) in [5.41, 5.74) is 1.08. The Morgan fingerprint density at radius 2 is 2.30 bits per heavy atom. The van der Waals surface area contributed by atoms with Crippen molar-refractivity contribution in [2.75, 3.05) is 0 Å². The standard InChI is InChI=1S/C9H13N/c1-3-5-9-7-6-8(4-2)10-9/h9H,3-5H2,1-2H3. The van der Waals surface area contributed by atoms with Crippen molar-refractivity contribution >= 4 is 5.71 Å². The van der Waals surface area contributed by atoms with E-state index in [1.165, 1.54) is 6.42 Å². The zero-order valence-corrected chi connectivity index (χ0v) is 6.65. The molecule has 1 heteroatoms. The molecule has 0 amide bonds. The molecule has 1 aliphatic heterocycles. The maximum atomic E-state index is 4.39. The Bertz CT molecular complexity index is 193. The zero-order valence-electron chi connectivity index (χ0n) is 6.65.